The first kappa shape index (κ1) is 82.8. The highest BCUT2D eigenvalue weighted by Gasteiger charge is 2.51. The Morgan fingerprint density at radius 2 is 0.716 bits per heavy atom. The van der Waals surface area contributed by atoms with Gasteiger partial charge < -0.3 is 65.1 Å². The average molecular weight is 1250 g/mol. The van der Waals surface area contributed by atoms with Crippen molar-refractivity contribution < 1.29 is 64.6 Å². The fourth-order valence-electron chi connectivity index (χ4n) is 12.9. The zero-order valence-corrected chi connectivity index (χ0v) is 57.0. The van der Waals surface area contributed by atoms with Crippen molar-refractivity contribution in [3.05, 3.63) is 12.2 Å². The van der Waals surface area contributed by atoms with Crippen LogP contribution in [-0.4, -0.2) is 140 Å². The third kappa shape index (κ3) is 42.9. The number of hydrogen-bond donors (Lipinski definition) is 9. The molecule has 0 aromatic heterocycles. The molecule has 0 aromatic carbocycles. The summed E-state index contributed by atoms with van der Waals surface area (Å²) in [6, 6.07) is -0.826. The summed E-state index contributed by atoms with van der Waals surface area (Å²) in [5, 5.41) is 87.7. The van der Waals surface area contributed by atoms with E-state index in [1.54, 1.807) is 0 Å². The average Bonchev–Trinajstić information content (AvgIpc) is 1.84. The quantitative estimate of drug-likeness (QED) is 0.0204. The van der Waals surface area contributed by atoms with E-state index >= 15 is 0 Å². The van der Waals surface area contributed by atoms with Crippen LogP contribution in [0.3, 0.4) is 0 Å². The van der Waals surface area contributed by atoms with Gasteiger partial charge in [0.2, 0.25) is 5.91 Å². The molecular weight excluding hydrogens is 1110 g/mol. The predicted octanol–water partition coefficient (Wildman–Crippen LogP) is 16.1. The van der Waals surface area contributed by atoms with E-state index in [-0.39, 0.29) is 12.5 Å². The first-order valence-electron chi connectivity index (χ1n) is 37.9. The number of rotatable bonds is 64. The van der Waals surface area contributed by atoms with Gasteiger partial charge in [0.25, 0.3) is 0 Å². The van der Waals surface area contributed by atoms with Gasteiger partial charge >= 0.3 is 0 Å². The van der Waals surface area contributed by atoms with Crippen LogP contribution >= 0.6 is 0 Å². The minimum Gasteiger partial charge on any atom is -0.394 e. The molecule has 2 saturated heterocycles. The van der Waals surface area contributed by atoms with Crippen LogP contribution in [0.2, 0.25) is 0 Å². The summed E-state index contributed by atoms with van der Waals surface area (Å²) in [6.45, 7) is 2.92. The highest BCUT2D eigenvalue weighted by Crippen LogP contribution is 2.30. The Morgan fingerprint density at radius 1 is 0.398 bits per heavy atom. The predicted molar refractivity (Wildman–Crippen MR) is 360 cm³/mol. The minimum atomic E-state index is -1.78. The van der Waals surface area contributed by atoms with E-state index in [1.165, 1.54) is 283 Å². The molecule has 2 aliphatic heterocycles. The lowest BCUT2D eigenvalue weighted by atomic mass is 9.97. The highest BCUT2D eigenvalue weighted by molar-refractivity contribution is 5.76. The minimum absolute atomic E-state index is 0.197. The van der Waals surface area contributed by atoms with E-state index in [1.807, 2.05) is 0 Å². The fourth-order valence-corrected chi connectivity index (χ4v) is 12.9. The maximum absolute atomic E-state index is 13.4. The van der Waals surface area contributed by atoms with Crippen molar-refractivity contribution in [3.63, 3.8) is 0 Å². The molecule has 0 bridgehead atoms. The summed E-state index contributed by atoms with van der Waals surface area (Å²) in [7, 11) is 0. The summed E-state index contributed by atoms with van der Waals surface area (Å²) in [5.41, 5.74) is 0. The first-order valence-corrected chi connectivity index (χ1v) is 37.9. The van der Waals surface area contributed by atoms with Gasteiger partial charge in [-0.2, -0.15) is 0 Å². The van der Waals surface area contributed by atoms with Gasteiger partial charge in [-0.1, -0.05) is 328 Å². The van der Waals surface area contributed by atoms with Crippen LogP contribution in [0.15, 0.2) is 12.2 Å². The number of aliphatic hydroxyl groups is 8. The van der Waals surface area contributed by atoms with Gasteiger partial charge in [-0.05, 0) is 38.5 Å². The van der Waals surface area contributed by atoms with Gasteiger partial charge in [0, 0.05) is 6.42 Å². The van der Waals surface area contributed by atoms with E-state index in [0.717, 1.165) is 51.4 Å². The highest BCUT2D eigenvalue weighted by atomic mass is 16.7. The molecule has 2 heterocycles. The summed E-state index contributed by atoms with van der Waals surface area (Å²) < 4.78 is 22.9. The number of allylic oxidation sites excluding steroid dienone is 2. The topological polar surface area (TPSA) is 228 Å². The summed E-state index contributed by atoms with van der Waals surface area (Å²) in [5.74, 6) is -0.197. The molecule has 14 heteroatoms. The normalized spacial score (nSPS) is 23.1. The monoisotopic (exact) mass is 1250 g/mol. The molecule has 0 aliphatic carbocycles. The Hall–Kier alpha value is -1.27. The standard InChI is InChI=1S/C74H143NO13/c1-3-5-7-9-11-13-15-17-19-21-23-24-25-26-27-28-29-30-31-32-33-34-35-36-37-38-40-42-44-46-48-50-52-54-56-58-66(79)75-62(63(78)57-55-53-51-49-47-45-43-41-39-22-20-18-16-14-12-10-8-6-4-2)61-85-73-71(84)69(82)72(65(60-77)87-73)88-74-70(83)68(81)67(80)64(59-76)86-74/h21,23,62-65,67-74,76-78,80-84H,3-20,22,24-61H2,1-2H3,(H,75,79)/b23-21-. The SMILES string of the molecule is CCCCCCCCCC/C=C\CCCCCCCCCCCCCCCCCCCCCCCCCC(=O)NC(COC1OC(CO)C(OC2OC(CO)C(O)C(O)C2O)C(O)C1O)C(O)CCCCCCCCCCCCCCCCCCCCC. The molecule has 522 valence electrons. The van der Waals surface area contributed by atoms with Crippen molar-refractivity contribution >= 4 is 5.91 Å². The molecule has 9 N–H and O–H groups in total. The maximum atomic E-state index is 13.4. The molecule has 12 atom stereocenters. The van der Waals surface area contributed by atoms with Crippen LogP contribution in [0, 0.1) is 0 Å². The molecule has 1 amide bonds. The van der Waals surface area contributed by atoms with Crippen LogP contribution in [0.25, 0.3) is 0 Å². The van der Waals surface area contributed by atoms with E-state index in [2.05, 4.69) is 31.3 Å². The molecule has 12 unspecified atom stereocenters. The molecule has 2 rings (SSSR count). The number of nitrogens with one attached hydrogen (secondary N) is 1. The van der Waals surface area contributed by atoms with Crippen molar-refractivity contribution in [2.75, 3.05) is 19.8 Å². The molecule has 2 aliphatic rings. The van der Waals surface area contributed by atoms with E-state index in [0.29, 0.717) is 12.8 Å². The molecule has 88 heavy (non-hydrogen) atoms. The molecule has 2 fully saturated rings. The summed E-state index contributed by atoms with van der Waals surface area (Å²) >= 11 is 0. The van der Waals surface area contributed by atoms with E-state index in [4.69, 9.17) is 18.9 Å². The van der Waals surface area contributed by atoms with Crippen molar-refractivity contribution in [2.45, 2.75) is 434 Å². The van der Waals surface area contributed by atoms with E-state index in [9.17, 15) is 45.6 Å². The van der Waals surface area contributed by atoms with Gasteiger partial charge in [0.05, 0.1) is 32.0 Å². The molecule has 14 nitrogen and oxygen atoms in total. The third-order valence-corrected chi connectivity index (χ3v) is 19.0. The van der Waals surface area contributed by atoms with Crippen molar-refractivity contribution in [1.29, 1.82) is 0 Å². The Morgan fingerprint density at radius 3 is 1.08 bits per heavy atom. The lowest BCUT2D eigenvalue weighted by molar-refractivity contribution is -0.359. The zero-order valence-electron chi connectivity index (χ0n) is 57.0. The smallest absolute Gasteiger partial charge is 0.220 e. The number of hydrogen-bond acceptors (Lipinski definition) is 13. The number of ether oxygens (including phenoxy) is 4. The summed E-state index contributed by atoms with van der Waals surface area (Å²) in [6.07, 6.45) is 56.8. The fraction of sp³-hybridized carbons (Fsp3) is 0.959. The van der Waals surface area contributed by atoms with Gasteiger partial charge in [-0.3, -0.25) is 4.79 Å². The van der Waals surface area contributed by atoms with Crippen molar-refractivity contribution in [3.8, 4) is 0 Å². The Labute approximate surface area is 539 Å². The first-order chi connectivity index (χ1) is 43.1. The van der Waals surface area contributed by atoms with Gasteiger partial charge in [-0.15, -0.1) is 0 Å². The molecular formula is C74H143NO13. The van der Waals surface area contributed by atoms with Crippen molar-refractivity contribution in [2.24, 2.45) is 0 Å². The van der Waals surface area contributed by atoms with Crippen LogP contribution in [-0.2, 0) is 23.7 Å². The van der Waals surface area contributed by atoms with Gasteiger partial charge in [0.15, 0.2) is 12.6 Å². The lowest BCUT2D eigenvalue weighted by Crippen LogP contribution is -2.65. The number of amides is 1. The molecule has 0 saturated carbocycles. The van der Waals surface area contributed by atoms with Crippen LogP contribution in [0.1, 0.15) is 361 Å². The number of aliphatic hydroxyl groups excluding tert-OH is 8. The van der Waals surface area contributed by atoms with Gasteiger partial charge in [-0.25, -0.2) is 0 Å². The maximum Gasteiger partial charge on any atom is 0.220 e. The van der Waals surface area contributed by atoms with Crippen LogP contribution in [0.5, 0.6) is 0 Å². The third-order valence-electron chi connectivity index (χ3n) is 19.0. The van der Waals surface area contributed by atoms with Crippen LogP contribution in [0.4, 0.5) is 0 Å². The number of carbonyl (C=O) groups excluding carboxylic acids is 1. The van der Waals surface area contributed by atoms with E-state index < -0.39 is 86.8 Å². The Kier molecular flexibility index (Phi) is 56.0. The Balaban J connectivity index is 1.59. The molecule has 0 radical (unpaired) electrons. The second kappa shape index (κ2) is 59.5. The number of unbranched alkanes of at least 4 members (excludes halogenated alkanes) is 49. The molecule has 0 spiro atoms. The van der Waals surface area contributed by atoms with Crippen molar-refractivity contribution in [1.82, 2.24) is 5.32 Å². The van der Waals surface area contributed by atoms with Gasteiger partial charge in [0.1, 0.15) is 48.8 Å². The van der Waals surface area contributed by atoms with Crippen LogP contribution < -0.4 is 5.32 Å². The largest absolute Gasteiger partial charge is 0.394 e. The summed E-state index contributed by atoms with van der Waals surface area (Å²) in [4.78, 5) is 13.4. The molecule has 0 aromatic rings. The second-order valence-electron chi connectivity index (χ2n) is 27.1. The zero-order chi connectivity index (χ0) is 63.8. The number of carbonyl (C=O) groups is 1. The Bertz CT molecular complexity index is 1520. The lowest BCUT2D eigenvalue weighted by Gasteiger charge is -2.46. The second-order valence-corrected chi connectivity index (χ2v) is 27.1.